The van der Waals surface area contributed by atoms with Gasteiger partial charge in [-0.1, -0.05) is 28.1 Å². The van der Waals surface area contributed by atoms with E-state index in [1.165, 1.54) is 0 Å². The van der Waals surface area contributed by atoms with Crippen LogP contribution in [0.5, 0.6) is 11.6 Å². The second-order valence-electron chi connectivity index (χ2n) is 5.76. The molecule has 0 aliphatic heterocycles. The number of hydrogen-bond donors (Lipinski definition) is 1. The molecule has 3 aromatic carbocycles. The van der Waals surface area contributed by atoms with Crippen molar-refractivity contribution in [1.29, 1.82) is 5.26 Å². The fourth-order valence-electron chi connectivity index (χ4n) is 2.62. The van der Waals surface area contributed by atoms with E-state index in [2.05, 4.69) is 37.3 Å². The zero-order valence-corrected chi connectivity index (χ0v) is 15.6. The topological polar surface area (TPSA) is 70.8 Å². The molecule has 130 valence electrons. The SMILES string of the molecule is N#Cc1ccc(Nc2nccc(Oc3ccc4c(Br)cccc4c3)n2)cc1. The molecule has 27 heavy (non-hydrogen) atoms. The number of anilines is 2. The van der Waals surface area contributed by atoms with Crippen LogP contribution in [0.15, 0.2) is 77.4 Å². The van der Waals surface area contributed by atoms with E-state index in [9.17, 15) is 0 Å². The number of nitriles is 1. The molecule has 1 N–H and O–H groups in total. The van der Waals surface area contributed by atoms with Crippen molar-refractivity contribution in [3.05, 3.63) is 83.0 Å². The Morgan fingerprint density at radius 2 is 1.85 bits per heavy atom. The molecule has 0 radical (unpaired) electrons. The van der Waals surface area contributed by atoms with E-state index in [1.807, 2.05) is 36.4 Å². The van der Waals surface area contributed by atoms with Crippen molar-refractivity contribution in [3.8, 4) is 17.7 Å². The highest BCUT2D eigenvalue weighted by Crippen LogP contribution is 2.29. The molecule has 4 aromatic rings. The predicted octanol–water partition coefficient (Wildman–Crippen LogP) is 5.80. The highest BCUT2D eigenvalue weighted by molar-refractivity contribution is 9.10. The Bertz CT molecular complexity index is 1150. The van der Waals surface area contributed by atoms with E-state index in [-0.39, 0.29) is 0 Å². The van der Waals surface area contributed by atoms with Crippen LogP contribution in [0, 0.1) is 11.3 Å². The Balaban J connectivity index is 1.54. The highest BCUT2D eigenvalue weighted by atomic mass is 79.9. The molecule has 0 fully saturated rings. The third kappa shape index (κ3) is 3.89. The quantitative estimate of drug-likeness (QED) is 0.455. The Kier molecular flexibility index (Phi) is 4.69. The van der Waals surface area contributed by atoms with Gasteiger partial charge in [0.05, 0.1) is 11.6 Å². The molecule has 0 aliphatic carbocycles. The summed E-state index contributed by atoms with van der Waals surface area (Å²) in [6.45, 7) is 0. The predicted molar refractivity (Wildman–Crippen MR) is 108 cm³/mol. The number of nitrogens with zero attached hydrogens (tertiary/aromatic N) is 3. The number of benzene rings is 3. The molecule has 4 rings (SSSR count). The molecule has 0 bridgehead atoms. The van der Waals surface area contributed by atoms with Crippen molar-refractivity contribution in [2.45, 2.75) is 0 Å². The van der Waals surface area contributed by atoms with Gasteiger partial charge in [0.1, 0.15) is 5.75 Å². The van der Waals surface area contributed by atoms with Crippen LogP contribution in [0.1, 0.15) is 5.56 Å². The standard InChI is InChI=1S/C21H13BrN4O/c22-19-3-1-2-15-12-17(8-9-18(15)19)27-20-10-11-24-21(26-20)25-16-6-4-14(13-23)5-7-16/h1-12H,(H,24,25,26). The first-order chi connectivity index (χ1) is 13.2. The van der Waals surface area contributed by atoms with Gasteiger partial charge in [0.25, 0.3) is 0 Å². The molecule has 0 spiro atoms. The molecule has 0 aliphatic rings. The highest BCUT2D eigenvalue weighted by Gasteiger charge is 2.05. The normalized spacial score (nSPS) is 10.4. The first-order valence-electron chi connectivity index (χ1n) is 8.18. The minimum Gasteiger partial charge on any atom is -0.439 e. The van der Waals surface area contributed by atoms with E-state index in [4.69, 9.17) is 10.00 Å². The Morgan fingerprint density at radius 1 is 1.00 bits per heavy atom. The minimum atomic E-state index is 0.417. The molecule has 0 atom stereocenters. The summed E-state index contributed by atoms with van der Waals surface area (Å²) in [6.07, 6.45) is 1.63. The van der Waals surface area contributed by atoms with Gasteiger partial charge in [-0.2, -0.15) is 10.2 Å². The molecule has 5 nitrogen and oxygen atoms in total. The molecule has 0 saturated heterocycles. The van der Waals surface area contributed by atoms with Gasteiger partial charge in [0, 0.05) is 22.4 Å². The second-order valence-corrected chi connectivity index (χ2v) is 6.61. The monoisotopic (exact) mass is 416 g/mol. The molecule has 0 unspecified atom stereocenters. The summed E-state index contributed by atoms with van der Waals surface area (Å²) >= 11 is 3.55. The van der Waals surface area contributed by atoms with E-state index in [0.717, 1.165) is 20.9 Å². The van der Waals surface area contributed by atoms with Crippen molar-refractivity contribution in [3.63, 3.8) is 0 Å². The molecule has 6 heteroatoms. The Hall–Kier alpha value is -3.43. The maximum absolute atomic E-state index is 8.86. The largest absolute Gasteiger partial charge is 0.439 e. The van der Waals surface area contributed by atoms with Gasteiger partial charge in [0.15, 0.2) is 0 Å². The molecule has 0 amide bonds. The summed E-state index contributed by atoms with van der Waals surface area (Å²) in [5.41, 5.74) is 1.39. The summed E-state index contributed by atoms with van der Waals surface area (Å²) in [6, 6.07) is 22.8. The second kappa shape index (κ2) is 7.44. The van der Waals surface area contributed by atoms with E-state index < -0.39 is 0 Å². The maximum Gasteiger partial charge on any atom is 0.230 e. The fraction of sp³-hybridized carbons (Fsp3) is 0. The van der Waals surface area contributed by atoms with Crippen LogP contribution >= 0.6 is 15.9 Å². The average Bonchev–Trinajstić information content (AvgIpc) is 2.69. The van der Waals surface area contributed by atoms with Crippen molar-refractivity contribution in [2.75, 3.05) is 5.32 Å². The molecule has 1 heterocycles. The van der Waals surface area contributed by atoms with Crippen molar-refractivity contribution >= 4 is 38.3 Å². The van der Waals surface area contributed by atoms with Crippen LogP contribution in [0.3, 0.4) is 0 Å². The summed E-state index contributed by atoms with van der Waals surface area (Å²) in [5.74, 6) is 1.56. The lowest BCUT2D eigenvalue weighted by Crippen LogP contribution is -1.98. The Labute approximate surface area is 164 Å². The van der Waals surface area contributed by atoms with Crippen LogP contribution in [0.2, 0.25) is 0 Å². The van der Waals surface area contributed by atoms with Crippen LogP contribution < -0.4 is 10.1 Å². The first-order valence-corrected chi connectivity index (χ1v) is 8.97. The van der Waals surface area contributed by atoms with Gasteiger partial charge in [0.2, 0.25) is 11.8 Å². The lowest BCUT2D eigenvalue weighted by molar-refractivity contribution is 0.463. The number of fused-ring (bicyclic) bond motifs is 1. The van der Waals surface area contributed by atoms with Gasteiger partial charge in [-0.25, -0.2) is 4.98 Å². The smallest absolute Gasteiger partial charge is 0.230 e. The van der Waals surface area contributed by atoms with Gasteiger partial charge >= 0.3 is 0 Å². The lowest BCUT2D eigenvalue weighted by atomic mass is 10.1. The summed E-state index contributed by atoms with van der Waals surface area (Å²) in [4.78, 5) is 8.59. The van der Waals surface area contributed by atoms with E-state index in [0.29, 0.717) is 23.1 Å². The van der Waals surface area contributed by atoms with E-state index >= 15 is 0 Å². The minimum absolute atomic E-state index is 0.417. The number of ether oxygens (including phenoxy) is 1. The van der Waals surface area contributed by atoms with Crippen molar-refractivity contribution < 1.29 is 4.74 Å². The third-order valence-corrected chi connectivity index (χ3v) is 4.61. The summed E-state index contributed by atoms with van der Waals surface area (Å²) < 4.78 is 6.94. The molecule has 1 aromatic heterocycles. The number of halogens is 1. The zero-order valence-electron chi connectivity index (χ0n) is 14.1. The molecule has 0 saturated carbocycles. The number of hydrogen-bond acceptors (Lipinski definition) is 5. The Morgan fingerprint density at radius 3 is 2.67 bits per heavy atom. The third-order valence-electron chi connectivity index (χ3n) is 3.92. The maximum atomic E-state index is 8.86. The van der Waals surface area contributed by atoms with Crippen LogP contribution in [0.25, 0.3) is 10.8 Å². The number of rotatable bonds is 4. The zero-order chi connectivity index (χ0) is 18.6. The van der Waals surface area contributed by atoms with Gasteiger partial charge in [-0.3, -0.25) is 0 Å². The average molecular weight is 417 g/mol. The van der Waals surface area contributed by atoms with Gasteiger partial charge in [-0.05, 0) is 59.3 Å². The lowest BCUT2D eigenvalue weighted by Gasteiger charge is -2.09. The van der Waals surface area contributed by atoms with E-state index in [1.54, 1.807) is 36.5 Å². The number of aromatic nitrogens is 2. The van der Waals surface area contributed by atoms with Crippen LogP contribution in [0.4, 0.5) is 11.6 Å². The fourth-order valence-corrected chi connectivity index (χ4v) is 3.14. The summed E-state index contributed by atoms with van der Waals surface area (Å²) in [7, 11) is 0. The first kappa shape index (κ1) is 17.0. The number of nitrogens with one attached hydrogen (secondary N) is 1. The van der Waals surface area contributed by atoms with Crippen molar-refractivity contribution in [1.82, 2.24) is 9.97 Å². The molecular formula is C21H13BrN4O. The van der Waals surface area contributed by atoms with Crippen LogP contribution in [-0.2, 0) is 0 Å². The molecular weight excluding hydrogens is 404 g/mol. The van der Waals surface area contributed by atoms with Crippen molar-refractivity contribution in [2.24, 2.45) is 0 Å². The van der Waals surface area contributed by atoms with Gasteiger partial charge < -0.3 is 10.1 Å². The van der Waals surface area contributed by atoms with Crippen LogP contribution in [-0.4, -0.2) is 9.97 Å². The summed E-state index contributed by atoms with van der Waals surface area (Å²) in [5, 5.41) is 14.2. The van der Waals surface area contributed by atoms with Gasteiger partial charge in [-0.15, -0.1) is 0 Å².